The SMILES string of the molecule is CCN1CC(C(=O)OC(C)(C)C)CC1=O. The van der Waals surface area contributed by atoms with E-state index in [1.165, 1.54) is 0 Å². The highest BCUT2D eigenvalue weighted by Gasteiger charge is 2.35. The van der Waals surface area contributed by atoms with Crippen LogP contribution in [0.1, 0.15) is 34.1 Å². The highest BCUT2D eigenvalue weighted by atomic mass is 16.6. The predicted molar refractivity (Wildman–Crippen MR) is 56.2 cm³/mol. The van der Waals surface area contributed by atoms with E-state index >= 15 is 0 Å². The van der Waals surface area contributed by atoms with Crippen molar-refractivity contribution in [2.75, 3.05) is 13.1 Å². The van der Waals surface area contributed by atoms with Crippen LogP contribution >= 0.6 is 0 Å². The van der Waals surface area contributed by atoms with Gasteiger partial charge in [0.2, 0.25) is 5.91 Å². The number of amides is 1. The lowest BCUT2D eigenvalue weighted by Gasteiger charge is -2.21. The fraction of sp³-hybridized carbons (Fsp3) is 0.818. The summed E-state index contributed by atoms with van der Waals surface area (Å²) >= 11 is 0. The second kappa shape index (κ2) is 4.21. The Morgan fingerprint density at radius 3 is 2.53 bits per heavy atom. The molecule has 0 N–H and O–H groups in total. The van der Waals surface area contributed by atoms with Crippen LogP contribution in [0.4, 0.5) is 0 Å². The zero-order valence-corrected chi connectivity index (χ0v) is 9.87. The Morgan fingerprint density at radius 1 is 1.53 bits per heavy atom. The Kier molecular flexibility index (Phi) is 3.37. The van der Waals surface area contributed by atoms with Gasteiger partial charge < -0.3 is 9.64 Å². The summed E-state index contributed by atoms with van der Waals surface area (Å²) in [5, 5.41) is 0. The summed E-state index contributed by atoms with van der Waals surface area (Å²) in [5.41, 5.74) is -0.472. The first-order chi connectivity index (χ1) is 6.83. The molecule has 1 aliphatic heterocycles. The van der Waals surface area contributed by atoms with Crippen LogP contribution in [0.25, 0.3) is 0 Å². The molecule has 0 aromatic heterocycles. The first kappa shape index (κ1) is 12.0. The van der Waals surface area contributed by atoms with Crippen molar-refractivity contribution in [2.45, 2.75) is 39.7 Å². The maximum atomic E-state index is 11.7. The van der Waals surface area contributed by atoms with E-state index in [-0.39, 0.29) is 17.8 Å². The summed E-state index contributed by atoms with van der Waals surface area (Å²) in [6.07, 6.45) is 0.294. The average molecular weight is 213 g/mol. The lowest BCUT2D eigenvalue weighted by atomic mass is 10.1. The zero-order valence-electron chi connectivity index (χ0n) is 9.87. The number of likely N-dealkylation sites (tertiary alicyclic amines) is 1. The van der Waals surface area contributed by atoms with Gasteiger partial charge in [-0.15, -0.1) is 0 Å². The Balaban J connectivity index is 2.53. The van der Waals surface area contributed by atoms with Gasteiger partial charge in [-0.25, -0.2) is 0 Å². The summed E-state index contributed by atoms with van der Waals surface area (Å²) < 4.78 is 5.24. The molecule has 0 radical (unpaired) electrons. The average Bonchev–Trinajstić information content (AvgIpc) is 2.43. The molecule has 1 atom stereocenters. The van der Waals surface area contributed by atoms with Gasteiger partial charge in [-0.2, -0.15) is 0 Å². The first-order valence-corrected chi connectivity index (χ1v) is 5.34. The molecule has 0 bridgehead atoms. The number of rotatable bonds is 2. The van der Waals surface area contributed by atoms with E-state index in [0.717, 1.165) is 0 Å². The number of hydrogen-bond donors (Lipinski definition) is 0. The summed E-state index contributed by atoms with van der Waals surface area (Å²) in [7, 11) is 0. The first-order valence-electron chi connectivity index (χ1n) is 5.34. The van der Waals surface area contributed by atoms with Crippen LogP contribution in [0.2, 0.25) is 0 Å². The molecule has 0 aromatic rings. The minimum Gasteiger partial charge on any atom is -0.460 e. The van der Waals surface area contributed by atoms with E-state index < -0.39 is 5.60 Å². The minimum atomic E-state index is -0.472. The molecule has 4 heteroatoms. The zero-order chi connectivity index (χ0) is 11.6. The van der Waals surface area contributed by atoms with Gasteiger partial charge in [-0.1, -0.05) is 0 Å². The third-order valence-electron chi connectivity index (χ3n) is 2.34. The number of hydrogen-bond acceptors (Lipinski definition) is 3. The van der Waals surface area contributed by atoms with Gasteiger partial charge in [-0.05, 0) is 27.7 Å². The number of nitrogens with zero attached hydrogens (tertiary/aromatic N) is 1. The number of carbonyl (C=O) groups is 2. The van der Waals surface area contributed by atoms with Gasteiger partial charge in [-0.3, -0.25) is 9.59 Å². The summed E-state index contributed by atoms with van der Waals surface area (Å²) in [6, 6.07) is 0. The van der Waals surface area contributed by atoms with Gasteiger partial charge >= 0.3 is 5.97 Å². The van der Waals surface area contributed by atoms with Crippen LogP contribution in [0.5, 0.6) is 0 Å². The third kappa shape index (κ3) is 3.22. The quantitative estimate of drug-likeness (QED) is 0.647. The van der Waals surface area contributed by atoms with E-state index in [2.05, 4.69) is 0 Å². The highest BCUT2D eigenvalue weighted by Crippen LogP contribution is 2.21. The molecule has 1 aliphatic rings. The molecule has 0 aliphatic carbocycles. The fourth-order valence-electron chi connectivity index (χ4n) is 1.62. The van der Waals surface area contributed by atoms with Crippen LogP contribution in [0.3, 0.4) is 0 Å². The molecule has 1 heterocycles. The molecule has 0 saturated carbocycles. The van der Waals surface area contributed by atoms with E-state index in [1.807, 2.05) is 27.7 Å². The Labute approximate surface area is 90.6 Å². The maximum absolute atomic E-state index is 11.7. The van der Waals surface area contributed by atoms with Crippen molar-refractivity contribution in [1.29, 1.82) is 0 Å². The predicted octanol–water partition coefficient (Wildman–Crippen LogP) is 1.20. The van der Waals surface area contributed by atoms with E-state index in [4.69, 9.17) is 4.74 Å². The van der Waals surface area contributed by atoms with E-state index in [1.54, 1.807) is 4.90 Å². The van der Waals surface area contributed by atoms with Gasteiger partial charge in [0.25, 0.3) is 0 Å². The lowest BCUT2D eigenvalue weighted by Crippen LogP contribution is -2.30. The molecule has 1 rings (SSSR count). The van der Waals surface area contributed by atoms with Crippen molar-refractivity contribution in [3.63, 3.8) is 0 Å². The lowest BCUT2D eigenvalue weighted by molar-refractivity contribution is -0.159. The number of ether oxygens (including phenoxy) is 1. The molecule has 4 nitrogen and oxygen atoms in total. The topological polar surface area (TPSA) is 46.6 Å². The van der Waals surface area contributed by atoms with Crippen molar-refractivity contribution >= 4 is 11.9 Å². The van der Waals surface area contributed by atoms with Crippen LogP contribution in [-0.4, -0.2) is 35.5 Å². The maximum Gasteiger partial charge on any atom is 0.311 e. The molecule has 1 fully saturated rings. The third-order valence-corrected chi connectivity index (χ3v) is 2.34. The fourth-order valence-corrected chi connectivity index (χ4v) is 1.62. The van der Waals surface area contributed by atoms with Crippen molar-refractivity contribution in [3.8, 4) is 0 Å². The van der Waals surface area contributed by atoms with E-state index in [0.29, 0.717) is 19.5 Å². The minimum absolute atomic E-state index is 0.0494. The molecule has 1 saturated heterocycles. The Bertz CT molecular complexity index is 267. The molecule has 15 heavy (non-hydrogen) atoms. The molecule has 0 spiro atoms. The summed E-state index contributed by atoms with van der Waals surface area (Å²) in [5.74, 6) is -0.489. The monoisotopic (exact) mass is 213 g/mol. The van der Waals surface area contributed by atoms with Gasteiger partial charge in [0.05, 0.1) is 5.92 Å². The van der Waals surface area contributed by atoms with E-state index in [9.17, 15) is 9.59 Å². The standard InChI is InChI=1S/C11H19NO3/c1-5-12-7-8(6-9(12)13)10(14)15-11(2,3)4/h8H,5-7H2,1-4H3. The van der Waals surface area contributed by atoms with Crippen molar-refractivity contribution in [3.05, 3.63) is 0 Å². The number of esters is 1. The molecule has 1 amide bonds. The summed E-state index contributed by atoms with van der Waals surface area (Å²) in [6.45, 7) is 8.58. The van der Waals surface area contributed by atoms with Gasteiger partial charge in [0.1, 0.15) is 5.60 Å². The molecule has 86 valence electrons. The second-order valence-corrected chi connectivity index (χ2v) is 4.87. The number of carbonyl (C=O) groups excluding carboxylic acids is 2. The molecular formula is C11H19NO3. The van der Waals surface area contributed by atoms with Crippen LogP contribution in [0.15, 0.2) is 0 Å². The van der Waals surface area contributed by atoms with Crippen molar-refractivity contribution in [2.24, 2.45) is 5.92 Å². The Hall–Kier alpha value is -1.06. The van der Waals surface area contributed by atoms with Gasteiger partial charge in [0.15, 0.2) is 0 Å². The normalized spacial score (nSPS) is 22.0. The van der Waals surface area contributed by atoms with Crippen LogP contribution in [-0.2, 0) is 14.3 Å². The second-order valence-electron chi connectivity index (χ2n) is 4.87. The smallest absolute Gasteiger partial charge is 0.311 e. The van der Waals surface area contributed by atoms with Crippen molar-refractivity contribution < 1.29 is 14.3 Å². The highest BCUT2D eigenvalue weighted by molar-refractivity contribution is 5.86. The molecular weight excluding hydrogens is 194 g/mol. The Morgan fingerprint density at radius 2 is 2.13 bits per heavy atom. The summed E-state index contributed by atoms with van der Waals surface area (Å²) in [4.78, 5) is 24.8. The van der Waals surface area contributed by atoms with Crippen LogP contribution < -0.4 is 0 Å². The molecule has 0 aromatic carbocycles. The van der Waals surface area contributed by atoms with Crippen LogP contribution in [0, 0.1) is 5.92 Å². The van der Waals surface area contributed by atoms with Crippen molar-refractivity contribution in [1.82, 2.24) is 4.90 Å². The molecule has 1 unspecified atom stereocenters. The largest absolute Gasteiger partial charge is 0.460 e. The van der Waals surface area contributed by atoms with Gasteiger partial charge in [0, 0.05) is 19.5 Å².